The number of fused-ring (bicyclic) bond motifs is 1. The van der Waals surface area contributed by atoms with E-state index in [1.807, 2.05) is 24.3 Å². The monoisotopic (exact) mass is 378 g/mol. The summed E-state index contributed by atoms with van der Waals surface area (Å²) in [6.07, 6.45) is 2.31. The summed E-state index contributed by atoms with van der Waals surface area (Å²) in [5.41, 5.74) is 2.98. The highest BCUT2D eigenvalue weighted by atomic mass is 16.5. The Balaban J connectivity index is 1.92. The third-order valence-corrected chi connectivity index (χ3v) is 4.80. The quantitative estimate of drug-likeness (QED) is 0.590. The van der Waals surface area contributed by atoms with Crippen LogP contribution in [0.2, 0.25) is 0 Å². The predicted molar refractivity (Wildman–Crippen MR) is 105 cm³/mol. The molecule has 0 saturated heterocycles. The lowest BCUT2D eigenvalue weighted by Gasteiger charge is -2.28. The Labute approximate surface area is 164 Å². The van der Waals surface area contributed by atoms with Crippen LogP contribution in [0.1, 0.15) is 16.7 Å². The number of nitriles is 1. The molecule has 0 bridgehead atoms. The maximum Gasteiger partial charge on any atom is 0.264 e. The molecule has 1 amide bonds. The Morgan fingerprint density at radius 1 is 1.04 bits per heavy atom. The smallest absolute Gasteiger partial charge is 0.264 e. The van der Waals surface area contributed by atoms with Gasteiger partial charge in [0.2, 0.25) is 0 Å². The number of methoxy groups -OCH3 is 3. The molecule has 2 aromatic carbocycles. The molecule has 144 valence electrons. The summed E-state index contributed by atoms with van der Waals surface area (Å²) in [5, 5.41) is 9.61. The van der Waals surface area contributed by atoms with Crippen molar-refractivity contribution in [3.05, 3.63) is 58.7 Å². The van der Waals surface area contributed by atoms with Gasteiger partial charge >= 0.3 is 0 Å². The topological polar surface area (TPSA) is 71.8 Å². The van der Waals surface area contributed by atoms with Crippen LogP contribution in [0, 0.1) is 11.3 Å². The summed E-state index contributed by atoms with van der Waals surface area (Å²) in [5.74, 6) is 1.19. The number of rotatable bonds is 5. The van der Waals surface area contributed by atoms with Gasteiger partial charge in [-0.3, -0.25) is 4.79 Å². The SMILES string of the molecule is COc1cc(OC)c(OC)cc1/C=C(\C#N)C(=O)N1CCc2ccccc2C1. The molecule has 0 unspecified atom stereocenters. The van der Waals surface area contributed by atoms with E-state index in [9.17, 15) is 10.1 Å². The van der Waals surface area contributed by atoms with Crippen LogP contribution in [0.15, 0.2) is 42.0 Å². The van der Waals surface area contributed by atoms with Crippen molar-refractivity contribution in [1.82, 2.24) is 4.90 Å². The van der Waals surface area contributed by atoms with Gasteiger partial charge in [0, 0.05) is 24.7 Å². The van der Waals surface area contributed by atoms with Crippen LogP contribution in [-0.4, -0.2) is 38.7 Å². The summed E-state index contributed by atoms with van der Waals surface area (Å²) < 4.78 is 16.0. The normalized spacial score (nSPS) is 13.4. The molecule has 0 atom stereocenters. The maximum atomic E-state index is 13.0. The first-order chi connectivity index (χ1) is 13.6. The zero-order valence-corrected chi connectivity index (χ0v) is 16.2. The van der Waals surface area contributed by atoms with Gasteiger partial charge in [-0.15, -0.1) is 0 Å². The molecule has 0 radical (unpaired) electrons. The minimum Gasteiger partial charge on any atom is -0.496 e. The second-order valence-corrected chi connectivity index (χ2v) is 6.36. The molecular weight excluding hydrogens is 356 g/mol. The highest BCUT2D eigenvalue weighted by molar-refractivity contribution is 6.02. The van der Waals surface area contributed by atoms with Gasteiger partial charge in [0.05, 0.1) is 21.3 Å². The van der Waals surface area contributed by atoms with E-state index in [0.717, 1.165) is 12.0 Å². The highest BCUT2D eigenvalue weighted by Crippen LogP contribution is 2.35. The third-order valence-electron chi connectivity index (χ3n) is 4.80. The first-order valence-electron chi connectivity index (χ1n) is 8.89. The summed E-state index contributed by atoms with van der Waals surface area (Å²) in [4.78, 5) is 14.7. The third kappa shape index (κ3) is 3.79. The number of nitrogens with zero attached hydrogens (tertiary/aromatic N) is 2. The molecule has 1 aliphatic heterocycles. The van der Waals surface area contributed by atoms with Crippen LogP contribution in [0.3, 0.4) is 0 Å². The molecule has 2 aromatic rings. The van der Waals surface area contributed by atoms with Gasteiger partial charge in [0.15, 0.2) is 11.5 Å². The first-order valence-corrected chi connectivity index (χ1v) is 8.89. The molecule has 0 N–H and O–H groups in total. The van der Waals surface area contributed by atoms with Crippen molar-refractivity contribution in [2.24, 2.45) is 0 Å². The van der Waals surface area contributed by atoms with Crippen molar-refractivity contribution in [3.63, 3.8) is 0 Å². The molecule has 0 aliphatic carbocycles. The van der Waals surface area contributed by atoms with E-state index in [-0.39, 0.29) is 11.5 Å². The number of hydrogen-bond acceptors (Lipinski definition) is 5. The number of hydrogen-bond donors (Lipinski definition) is 0. The number of amides is 1. The van der Waals surface area contributed by atoms with Crippen LogP contribution in [0.4, 0.5) is 0 Å². The summed E-state index contributed by atoms with van der Waals surface area (Å²) in [7, 11) is 4.58. The zero-order valence-electron chi connectivity index (χ0n) is 16.2. The van der Waals surface area contributed by atoms with Crippen molar-refractivity contribution in [3.8, 4) is 23.3 Å². The Kier molecular flexibility index (Phi) is 5.85. The minimum absolute atomic E-state index is 0.0462. The molecule has 1 aliphatic rings. The molecule has 6 nitrogen and oxygen atoms in total. The lowest BCUT2D eigenvalue weighted by Crippen LogP contribution is -2.36. The molecule has 0 spiro atoms. The van der Waals surface area contributed by atoms with Gasteiger partial charge in [0.1, 0.15) is 17.4 Å². The van der Waals surface area contributed by atoms with E-state index in [0.29, 0.717) is 35.9 Å². The number of ether oxygens (including phenoxy) is 3. The fourth-order valence-electron chi connectivity index (χ4n) is 3.30. The molecule has 1 heterocycles. The van der Waals surface area contributed by atoms with Crippen LogP contribution >= 0.6 is 0 Å². The molecule has 0 fully saturated rings. The van der Waals surface area contributed by atoms with Crippen molar-refractivity contribution >= 4 is 12.0 Å². The van der Waals surface area contributed by atoms with E-state index in [2.05, 4.69) is 6.07 Å². The first kappa shape index (κ1) is 19.3. The Morgan fingerprint density at radius 2 is 1.68 bits per heavy atom. The van der Waals surface area contributed by atoms with Crippen molar-refractivity contribution in [2.45, 2.75) is 13.0 Å². The second-order valence-electron chi connectivity index (χ2n) is 6.36. The Hall–Kier alpha value is -3.46. The van der Waals surface area contributed by atoms with Crippen LogP contribution in [0.25, 0.3) is 6.08 Å². The lowest BCUT2D eigenvalue weighted by atomic mass is 9.99. The van der Waals surface area contributed by atoms with Gasteiger partial charge in [-0.25, -0.2) is 0 Å². The number of carbonyl (C=O) groups is 1. The standard InChI is InChI=1S/C22H22N2O4/c1-26-19-12-21(28-3)20(27-2)11-17(19)10-18(13-23)22(25)24-9-8-15-6-4-5-7-16(15)14-24/h4-7,10-12H,8-9,14H2,1-3H3/b18-10+. The van der Waals surface area contributed by atoms with E-state index in [4.69, 9.17) is 14.2 Å². The minimum atomic E-state index is -0.297. The number of benzene rings is 2. The van der Waals surface area contributed by atoms with E-state index in [1.54, 1.807) is 17.0 Å². The maximum absolute atomic E-state index is 13.0. The molecule has 3 rings (SSSR count). The summed E-state index contributed by atoms with van der Waals surface area (Å²) in [6, 6.07) is 13.4. The van der Waals surface area contributed by atoms with Crippen molar-refractivity contribution < 1.29 is 19.0 Å². The predicted octanol–water partition coefficient (Wildman–Crippen LogP) is 3.20. The second kappa shape index (κ2) is 8.49. The molecule has 6 heteroatoms. The highest BCUT2D eigenvalue weighted by Gasteiger charge is 2.23. The van der Waals surface area contributed by atoms with Crippen molar-refractivity contribution in [2.75, 3.05) is 27.9 Å². The van der Waals surface area contributed by atoms with Crippen LogP contribution in [0.5, 0.6) is 17.2 Å². The molecule has 0 saturated carbocycles. The van der Waals surface area contributed by atoms with Gasteiger partial charge in [-0.05, 0) is 29.7 Å². The van der Waals surface area contributed by atoms with Gasteiger partial charge < -0.3 is 19.1 Å². The fourth-order valence-corrected chi connectivity index (χ4v) is 3.30. The van der Waals surface area contributed by atoms with E-state index in [1.165, 1.54) is 33.0 Å². The Bertz CT molecular complexity index is 959. The van der Waals surface area contributed by atoms with E-state index >= 15 is 0 Å². The molecular formula is C22H22N2O4. The van der Waals surface area contributed by atoms with Crippen LogP contribution in [-0.2, 0) is 17.8 Å². The lowest BCUT2D eigenvalue weighted by molar-refractivity contribution is -0.127. The zero-order chi connectivity index (χ0) is 20.1. The van der Waals surface area contributed by atoms with Gasteiger partial charge in [0.25, 0.3) is 5.91 Å². The average molecular weight is 378 g/mol. The van der Waals surface area contributed by atoms with Gasteiger partial charge in [-0.2, -0.15) is 5.26 Å². The molecule has 28 heavy (non-hydrogen) atoms. The Morgan fingerprint density at radius 3 is 2.32 bits per heavy atom. The van der Waals surface area contributed by atoms with Crippen molar-refractivity contribution in [1.29, 1.82) is 5.26 Å². The fraction of sp³-hybridized carbons (Fsp3) is 0.273. The van der Waals surface area contributed by atoms with Gasteiger partial charge in [-0.1, -0.05) is 24.3 Å². The summed E-state index contributed by atoms with van der Waals surface area (Å²) >= 11 is 0. The summed E-state index contributed by atoms with van der Waals surface area (Å²) in [6.45, 7) is 1.08. The average Bonchev–Trinajstić information content (AvgIpc) is 2.75. The van der Waals surface area contributed by atoms with E-state index < -0.39 is 0 Å². The largest absolute Gasteiger partial charge is 0.496 e. The van der Waals surface area contributed by atoms with Crippen LogP contribution < -0.4 is 14.2 Å². The number of carbonyl (C=O) groups excluding carboxylic acids is 1. The molecule has 0 aromatic heterocycles.